The molecule has 6 N–H and O–H groups in total. The van der Waals surface area contributed by atoms with E-state index in [9.17, 15) is 9.59 Å². The first-order chi connectivity index (χ1) is 21.3. The SMILES string of the molecule is CCCCN1CCC(CCCC(=O)N[C@@H](CCCN=C(N)N)C(=O)N[C@@H](CC(C)C)B2O[C@@H]3C[C@@H]4C[C@@H](C4(C)C)[C@]3(C)O2)CC1. The van der Waals surface area contributed by atoms with Crippen LogP contribution in [0.1, 0.15) is 119 Å². The number of aliphatic imine (C=N–C) groups is 1. The number of nitrogens with two attached hydrogens (primary N) is 2. The molecule has 10 nitrogen and oxygen atoms in total. The zero-order valence-corrected chi connectivity index (χ0v) is 29.1. The summed E-state index contributed by atoms with van der Waals surface area (Å²) in [6.45, 7) is 17.4. The van der Waals surface area contributed by atoms with Gasteiger partial charge in [0.2, 0.25) is 11.8 Å². The van der Waals surface area contributed by atoms with Gasteiger partial charge in [-0.05, 0) is 120 Å². The van der Waals surface area contributed by atoms with E-state index in [4.69, 9.17) is 20.8 Å². The Morgan fingerprint density at radius 2 is 1.80 bits per heavy atom. The lowest BCUT2D eigenvalue weighted by atomic mass is 9.43. The molecule has 0 radical (unpaired) electrons. The maximum atomic E-state index is 13.8. The fourth-order valence-corrected chi connectivity index (χ4v) is 8.57. The molecule has 2 amide bonds. The highest BCUT2D eigenvalue weighted by molar-refractivity contribution is 6.48. The number of unbranched alkanes of at least 4 members (excludes halogenated alkanes) is 1. The van der Waals surface area contributed by atoms with E-state index < -0.39 is 13.2 Å². The quantitative estimate of drug-likeness (QED) is 0.0823. The molecule has 2 saturated heterocycles. The molecule has 5 rings (SSSR count). The van der Waals surface area contributed by atoms with Gasteiger partial charge < -0.3 is 36.3 Å². The van der Waals surface area contributed by atoms with Gasteiger partial charge in [-0.25, -0.2) is 0 Å². The number of carbonyl (C=O) groups is 2. The van der Waals surface area contributed by atoms with Crippen molar-refractivity contribution in [3.05, 3.63) is 0 Å². The second-order valence-electron chi connectivity index (χ2n) is 15.7. The molecule has 3 saturated carbocycles. The number of rotatable bonds is 17. The summed E-state index contributed by atoms with van der Waals surface area (Å²) in [6.07, 6.45) is 11.2. The van der Waals surface area contributed by atoms with Crippen molar-refractivity contribution < 1.29 is 18.9 Å². The van der Waals surface area contributed by atoms with Gasteiger partial charge in [-0.3, -0.25) is 14.6 Å². The average Bonchev–Trinajstić information content (AvgIpc) is 3.34. The number of nitrogens with zero attached hydrogens (tertiary/aromatic N) is 2. The second kappa shape index (κ2) is 15.8. The minimum absolute atomic E-state index is 0.0276. The van der Waals surface area contributed by atoms with E-state index in [0.717, 1.165) is 25.7 Å². The van der Waals surface area contributed by atoms with Crippen LogP contribution < -0.4 is 22.1 Å². The van der Waals surface area contributed by atoms with Crippen molar-refractivity contribution in [1.29, 1.82) is 0 Å². The standard InChI is InChI=1S/C34H63BN6O4/c1-7-8-17-41-18-14-24(15-19-41)11-9-13-30(42)39-26(12-10-16-38-32(36)37)31(43)40-29(20-23(2)3)35-44-28-22-25-21-27(33(25,4)5)34(28,6)45-35/h23-29H,7-22H2,1-6H3,(H,39,42)(H,40,43)(H4,36,37,38)/t25-,26-,27-,28+,29-,34-/m0/s1. The van der Waals surface area contributed by atoms with Crippen LogP contribution in [0.5, 0.6) is 0 Å². The van der Waals surface area contributed by atoms with Crippen LogP contribution in [0.3, 0.4) is 0 Å². The van der Waals surface area contributed by atoms with Gasteiger partial charge in [-0.2, -0.15) is 0 Å². The number of guanidine groups is 1. The second-order valence-corrected chi connectivity index (χ2v) is 15.7. The molecular weight excluding hydrogens is 567 g/mol. The number of carbonyl (C=O) groups excluding carboxylic acids is 2. The third-order valence-corrected chi connectivity index (χ3v) is 11.5. The summed E-state index contributed by atoms with van der Waals surface area (Å²) in [6, 6.07) is -0.672. The molecule has 0 aromatic rings. The third-order valence-electron chi connectivity index (χ3n) is 11.5. The molecule has 2 aliphatic heterocycles. The minimum Gasteiger partial charge on any atom is -0.404 e. The zero-order chi connectivity index (χ0) is 32.8. The smallest absolute Gasteiger partial charge is 0.404 e. The number of hydrogen-bond donors (Lipinski definition) is 4. The summed E-state index contributed by atoms with van der Waals surface area (Å²) >= 11 is 0. The van der Waals surface area contributed by atoms with Gasteiger partial charge in [0.15, 0.2) is 5.96 Å². The summed E-state index contributed by atoms with van der Waals surface area (Å²) in [5.41, 5.74) is 10.9. The average molecular weight is 631 g/mol. The number of hydrogen-bond acceptors (Lipinski definition) is 6. The number of amides is 2. The van der Waals surface area contributed by atoms with Gasteiger partial charge in [-0.15, -0.1) is 0 Å². The van der Waals surface area contributed by atoms with Crippen molar-refractivity contribution in [3.63, 3.8) is 0 Å². The van der Waals surface area contributed by atoms with Crippen LogP contribution in [-0.4, -0.2) is 79.7 Å². The normalized spacial score (nSPS) is 29.0. The van der Waals surface area contributed by atoms with Gasteiger partial charge in [0.1, 0.15) is 6.04 Å². The largest absolute Gasteiger partial charge is 0.481 e. The van der Waals surface area contributed by atoms with Crippen molar-refractivity contribution >= 4 is 24.9 Å². The Morgan fingerprint density at radius 1 is 1.07 bits per heavy atom. The van der Waals surface area contributed by atoms with Crippen LogP contribution in [0, 0.1) is 29.1 Å². The van der Waals surface area contributed by atoms with Crippen molar-refractivity contribution in [2.75, 3.05) is 26.2 Å². The monoisotopic (exact) mass is 631 g/mol. The molecule has 3 aliphatic carbocycles. The Morgan fingerprint density at radius 3 is 2.44 bits per heavy atom. The maximum absolute atomic E-state index is 13.8. The predicted molar refractivity (Wildman–Crippen MR) is 181 cm³/mol. The Bertz CT molecular complexity index is 1010. The molecule has 5 aliphatic rings. The highest BCUT2D eigenvalue weighted by Gasteiger charge is 2.68. The first-order valence-corrected chi connectivity index (χ1v) is 18.0. The fourth-order valence-electron chi connectivity index (χ4n) is 8.57. The molecule has 2 heterocycles. The van der Waals surface area contributed by atoms with E-state index in [2.05, 4.69) is 62.1 Å². The molecular formula is C34H63BN6O4. The zero-order valence-electron chi connectivity index (χ0n) is 29.1. The van der Waals surface area contributed by atoms with Gasteiger partial charge >= 0.3 is 7.12 Å². The summed E-state index contributed by atoms with van der Waals surface area (Å²) < 4.78 is 13.3. The van der Waals surface area contributed by atoms with Gasteiger partial charge in [0, 0.05) is 13.0 Å². The number of likely N-dealkylation sites (tertiary alicyclic amines) is 1. The van der Waals surface area contributed by atoms with Crippen molar-refractivity contribution in [2.24, 2.45) is 45.5 Å². The summed E-state index contributed by atoms with van der Waals surface area (Å²) in [4.78, 5) is 33.6. The Hall–Kier alpha value is -1.85. The highest BCUT2D eigenvalue weighted by atomic mass is 16.7. The van der Waals surface area contributed by atoms with E-state index in [1.165, 1.54) is 51.7 Å². The van der Waals surface area contributed by atoms with Gasteiger partial charge in [0.25, 0.3) is 0 Å². The topological polar surface area (TPSA) is 144 Å². The fraction of sp³-hybridized carbons (Fsp3) is 0.912. The lowest BCUT2D eigenvalue weighted by Gasteiger charge is -2.64. The summed E-state index contributed by atoms with van der Waals surface area (Å²) in [7, 11) is -0.507. The molecule has 11 heteroatoms. The van der Waals surface area contributed by atoms with Gasteiger partial charge in [-0.1, -0.05) is 41.0 Å². The van der Waals surface area contributed by atoms with E-state index >= 15 is 0 Å². The molecule has 0 spiro atoms. The molecule has 5 fully saturated rings. The Kier molecular flexibility index (Phi) is 12.7. The Labute approximate surface area is 273 Å². The molecule has 45 heavy (non-hydrogen) atoms. The first-order valence-electron chi connectivity index (χ1n) is 18.0. The molecule has 2 bridgehead atoms. The summed E-state index contributed by atoms with van der Waals surface area (Å²) in [5, 5.41) is 6.31. The molecule has 0 aromatic heterocycles. The van der Waals surface area contributed by atoms with Crippen LogP contribution in [0.4, 0.5) is 0 Å². The van der Waals surface area contributed by atoms with Crippen molar-refractivity contribution in [1.82, 2.24) is 15.5 Å². The molecule has 0 aromatic carbocycles. The number of piperidine rings is 1. The molecule has 0 unspecified atom stereocenters. The van der Waals surface area contributed by atoms with Gasteiger partial charge in [0.05, 0.1) is 17.6 Å². The third kappa shape index (κ3) is 9.16. The first kappa shape index (κ1) is 36.0. The van der Waals surface area contributed by atoms with Crippen LogP contribution in [0.25, 0.3) is 0 Å². The van der Waals surface area contributed by atoms with E-state index in [0.29, 0.717) is 49.5 Å². The Balaban J connectivity index is 1.32. The van der Waals surface area contributed by atoms with Crippen LogP contribution >= 0.6 is 0 Å². The highest BCUT2D eigenvalue weighted by Crippen LogP contribution is 2.65. The summed E-state index contributed by atoms with van der Waals surface area (Å²) in [5.74, 6) is 1.56. The maximum Gasteiger partial charge on any atom is 0.481 e. The van der Waals surface area contributed by atoms with Crippen LogP contribution in [0.2, 0.25) is 0 Å². The van der Waals surface area contributed by atoms with Crippen molar-refractivity contribution in [2.45, 2.75) is 142 Å². The molecule has 256 valence electrons. The van der Waals surface area contributed by atoms with E-state index in [1.807, 2.05) is 0 Å². The van der Waals surface area contributed by atoms with Crippen LogP contribution in [-0.2, 0) is 18.9 Å². The lowest BCUT2D eigenvalue weighted by molar-refractivity contribution is -0.199. The van der Waals surface area contributed by atoms with Crippen molar-refractivity contribution in [3.8, 4) is 0 Å². The molecule has 6 atom stereocenters. The number of nitrogens with one attached hydrogen (secondary N) is 2. The van der Waals surface area contributed by atoms with E-state index in [-0.39, 0.29) is 40.8 Å². The predicted octanol–water partition coefficient (Wildman–Crippen LogP) is 4.01. The lowest BCUT2D eigenvalue weighted by Crippen LogP contribution is -2.65. The minimum atomic E-state index is -0.672. The van der Waals surface area contributed by atoms with E-state index in [1.54, 1.807) is 0 Å². The van der Waals surface area contributed by atoms with Crippen LogP contribution in [0.15, 0.2) is 4.99 Å².